The Morgan fingerprint density at radius 2 is 2.35 bits per heavy atom. The number of carbonyl (C=O) groups excluding carboxylic acids is 1. The lowest BCUT2D eigenvalue weighted by atomic mass is 10.2. The Kier molecular flexibility index (Phi) is 5.56. The molecule has 1 aromatic heterocycles. The second kappa shape index (κ2) is 7.84. The zero-order chi connectivity index (χ0) is 16.1. The minimum absolute atomic E-state index is 0.0211. The van der Waals surface area contributed by atoms with Crippen molar-refractivity contribution in [3.05, 3.63) is 40.8 Å². The van der Waals surface area contributed by atoms with Gasteiger partial charge in [0, 0.05) is 23.0 Å². The van der Waals surface area contributed by atoms with Gasteiger partial charge in [-0.15, -0.1) is 23.1 Å². The van der Waals surface area contributed by atoms with E-state index in [1.165, 1.54) is 0 Å². The average molecular weight is 348 g/mol. The number of nitrogens with one attached hydrogen (secondary N) is 1. The predicted octanol–water partition coefficient (Wildman–Crippen LogP) is 5.01. The summed E-state index contributed by atoms with van der Waals surface area (Å²) in [4.78, 5) is 20.2. The van der Waals surface area contributed by atoms with Gasteiger partial charge in [-0.2, -0.15) is 0 Å². The van der Waals surface area contributed by atoms with Crippen LogP contribution in [0, 0.1) is 0 Å². The van der Waals surface area contributed by atoms with Crippen LogP contribution in [0.4, 0.5) is 10.5 Å². The highest BCUT2D eigenvalue weighted by Gasteiger charge is 2.31. The van der Waals surface area contributed by atoms with Crippen LogP contribution in [-0.4, -0.2) is 28.2 Å². The number of nitrogens with zero attached hydrogens (tertiary/aromatic N) is 2. The summed E-state index contributed by atoms with van der Waals surface area (Å²) in [6, 6.07) is 8.12. The molecule has 0 aliphatic carbocycles. The molecule has 4 nitrogen and oxygen atoms in total. The van der Waals surface area contributed by atoms with Gasteiger partial charge in [-0.05, 0) is 37.1 Å². The third kappa shape index (κ3) is 3.87. The number of amides is 2. The van der Waals surface area contributed by atoms with Crippen molar-refractivity contribution in [1.29, 1.82) is 0 Å². The lowest BCUT2D eigenvalue weighted by molar-refractivity contribution is 0.207. The van der Waals surface area contributed by atoms with Gasteiger partial charge >= 0.3 is 6.03 Å². The fourth-order valence-electron chi connectivity index (χ4n) is 2.76. The molecule has 2 amide bonds. The van der Waals surface area contributed by atoms with Gasteiger partial charge in [-0.3, -0.25) is 0 Å². The Hall–Kier alpha value is -1.53. The molecule has 1 aromatic carbocycles. The second-order valence-electron chi connectivity index (χ2n) is 5.50. The smallest absolute Gasteiger partial charge is 0.315 e. The van der Waals surface area contributed by atoms with Crippen molar-refractivity contribution in [1.82, 2.24) is 9.88 Å². The summed E-state index contributed by atoms with van der Waals surface area (Å²) in [5.41, 5.74) is 0.903. The molecular weight excluding hydrogens is 326 g/mol. The number of thioether (sulfide) groups is 1. The SMILES string of the molecule is CCCSc1ccccc1NC(=O)N1CCC[C@@H]1c1nccs1. The molecule has 0 saturated carbocycles. The third-order valence-corrected chi connectivity index (χ3v) is 6.00. The normalized spacial score (nSPS) is 17.4. The Balaban J connectivity index is 1.71. The van der Waals surface area contributed by atoms with Crippen LogP contribution in [0.5, 0.6) is 0 Å². The molecule has 23 heavy (non-hydrogen) atoms. The lowest BCUT2D eigenvalue weighted by Crippen LogP contribution is -2.34. The van der Waals surface area contributed by atoms with Crippen LogP contribution >= 0.6 is 23.1 Å². The van der Waals surface area contributed by atoms with E-state index in [2.05, 4.69) is 23.3 Å². The number of urea groups is 1. The summed E-state index contributed by atoms with van der Waals surface area (Å²) in [5.74, 6) is 1.05. The highest BCUT2D eigenvalue weighted by Crippen LogP contribution is 2.34. The van der Waals surface area contributed by atoms with E-state index in [4.69, 9.17) is 0 Å². The first-order valence-electron chi connectivity index (χ1n) is 7.98. The first kappa shape index (κ1) is 16.3. The lowest BCUT2D eigenvalue weighted by Gasteiger charge is -2.24. The van der Waals surface area contributed by atoms with Gasteiger partial charge in [0.15, 0.2) is 0 Å². The maximum Gasteiger partial charge on any atom is 0.322 e. The van der Waals surface area contributed by atoms with Crippen LogP contribution in [0.25, 0.3) is 0 Å². The van der Waals surface area contributed by atoms with E-state index >= 15 is 0 Å². The quantitative estimate of drug-likeness (QED) is 0.773. The Labute approximate surface area is 145 Å². The number of hydrogen-bond acceptors (Lipinski definition) is 4. The van der Waals surface area contributed by atoms with Crippen LogP contribution in [0.1, 0.15) is 37.2 Å². The summed E-state index contributed by atoms with van der Waals surface area (Å²) in [5, 5.41) is 6.10. The topological polar surface area (TPSA) is 45.2 Å². The molecule has 1 atom stereocenters. The summed E-state index contributed by atoms with van der Waals surface area (Å²) in [6.45, 7) is 2.96. The van der Waals surface area contributed by atoms with Gasteiger partial charge in [0.2, 0.25) is 0 Å². The minimum atomic E-state index is -0.0211. The largest absolute Gasteiger partial charge is 0.322 e. The van der Waals surface area contributed by atoms with E-state index in [0.29, 0.717) is 0 Å². The Morgan fingerprint density at radius 1 is 1.48 bits per heavy atom. The van der Waals surface area contributed by atoms with Crippen molar-refractivity contribution < 1.29 is 4.79 Å². The molecule has 3 rings (SSSR count). The summed E-state index contributed by atoms with van der Waals surface area (Å²) < 4.78 is 0. The van der Waals surface area contributed by atoms with E-state index in [-0.39, 0.29) is 12.1 Å². The molecular formula is C17H21N3OS2. The number of hydrogen-bond donors (Lipinski definition) is 1. The predicted molar refractivity (Wildman–Crippen MR) is 97.3 cm³/mol. The van der Waals surface area contributed by atoms with E-state index in [1.807, 2.05) is 34.7 Å². The van der Waals surface area contributed by atoms with Crippen LogP contribution in [0.15, 0.2) is 40.7 Å². The Morgan fingerprint density at radius 3 is 3.13 bits per heavy atom. The van der Waals surface area contributed by atoms with Crippen molar-refractivity contribution in [2.45, 2.75) is 37.1 Å². The van der Waals surface area contributed by atoms with Crippen molar-refractivity contribution in [2.75, 3.05) is 17.6 Å². The van der Waals surface area contributed by atoms with Crippen LogP contribution in [-0.2, 0) is 0 Å². The zero-order valence-corrected chi connectivity index (χ0v) is 14.8. The molecule has 1 aliphatic rings. The number of rotatable bonds is 5. The minimum Gasteiger partial charge on any atom is -0.315 e. The number of aromatic nitrogens is 1. The molecule has 0 bridgehead atoms. The van der Waals surface area contributed by atoms with Crippen molar-refractivity contribution in [3.8, 4) is 0 Å². The Bertz CT molecular complexity index is 645. The van der Waals surface area contributed by atoms with Crippen molar-refractivity contribution >= 4 is 34.8 Å². The van der Waals surface area contributed by atoms with Gasteiger partial charge < -0.3 is 10.2 Å². The molecule has 0 unspecified atom stereocenters. The van der Waals surface area contributed by atoms with Gasteiger partial charge in [-0.25, -0.2) is 9.78 Å². The third-order valence-electron chi connectivity index (χ3n) is 3.84. The highest BCUT2D eigenvalue weighted by molar-refractivity contribution is 7.99. The second-order valence-corrected chi connectivity index (χ2v) is 7.56. The maximum atomic E-state index is 12.7. The fourth-order valence-corrected chi connectivity index (χ4v) is 4.42. The summed E-state index contributed by atoms with van der Waals surface area (Å²) in [7, 11) is 0. The molecule has 1 saturated heterocycles. The first-order chi connectivity index (χ1) is 11.3. The number of likely N-dealkylation sites (tertiary alicyclic amines) is 1. The first-order valence-corrected chi connectivity index (χ1v) is 9.85. The molecule has 6 heteroatoms. The molecule has 122 valence electrons. The van der Waals surface area contributed by atoms with Crippen molar-refractivity contribution in [2.24, 2.45) is 0 Å². The van der Waals surface area contributed by atoms with Gasteiger partial charge in [0.1, 0.15) is 5.01 Å². The molecule has 2 heterocycles. The summed E-state index contributed by atoms with van der Waals surface area (Å²) in [6.07, 6.45) is 4.95. The zero-order valence-electron chi connectivity index (χ0n) is 13.2. The number of para-hydroxylation sites is 1. The van der Waals surface area contributed by atoms with E-state index < -0.39 is 0 Å². The molecule has 1 N–H and O–H groups in total. The average Bonchev–Trinajstić information content (AvgIpc) is 3.24. The maximum absolute atomic E-state index is 12.7. The number of benzene rings is 1. The standard InChI is InChI=1S/C17H21N3OS2/c1-2-11-22-15-8-4-3-6-13(15)19-17(21)20-10-5-7-14(20)16-18-9-12-23-16/h3-4,6,8-9,12,14H,2,5,7,10-11H2,1H3,(H,19,21)/t14-/m1/s1. The molecule has 0 radical (unpaired) electrons. The highest BCUT2D eigenvalue weighted by atomic mass is 32.2. The number of anilines is 1. The monoisotopic (exact) mass is 347 g/mol. The molecule has 1 fully saturated rings. The molecule has 0 spiro atoms. The van der Waals surface area contributed by atoms with Gasteiger partial charge in [-0.1, -0.05) is 19.1 Å². The number of carbonyl (C=O) groups is 1. The van der Waals surface area contributed by atoms with Crippen LogP contribution < -0.4 is 5.32 Å². The molecule has 2 aromatic rings. The van der Waals surface area contributed by atoms with Crippen molar-refractivity contribution in [3.63, 3.8) is 0 Å². The summed E-state index contributed by atoms with van der Waals surface area (Å²) >= 11 is 3.41. The van der Waals surface area contributed by atoms with Gasteiger partial charge in [0.25, 0.3) is 0 Å². The van der Waals surface area contributed by atoms with Crippen LogP contribution in [0.2, 0.25) is 0 Å². The fraction of sp³-hybridized carbons (Fsp3) is 0.412. The number of thiazole rings is 1. The van der Waals surface area contributed by atoms with E-state index in [0.717, 1.165) is 47.2 Å². The van der Waals surface area contributed by atoms with E-state index in [1.54, 1.807) is 23.1 Å². The van der Waals surface area contributed by atoms with Gasteiger partial charge in [0.05, 0.1) is 11.7 Å². The van der Waals surface area contributed by atoms with Crippen LogP contribution in [0.3, 0.4) is 0 Å². The van der Waals surface area contributed by atoms with E-state index in [9.17, 15) is 4.79 Å². The molecule has 1 aliphatic heterocycles.